The predicted molar refractivity (Wildman–Crippen MR) is 99.2 cm³/mol. The van der Waals surface area contributed by atoms with E-state index in [0.29, 0.717) is 24.2 Å². The fourth-order valence-corrected chi connectivity index (χ4v) is 3.06. The summed E-state index contributed by atoms with van der Waals surface area (Å²) in [5.41, 5.74) is 1.77. The molecule has 0 saturated heterocycles. The molecule has 1 aliphatic carbocycles. The molecule has 3 aromatic rings. The number of carbonyl (C=O) groups is 1. The molecule has 0 bridgehead atoms. The normalized spacial score (nSPS) is 14.0. The molecule has 7 heteroatoms. The molecular formula is C20H22N4O3. The van der Waals surface area contributed by atoms with Crippen molar-refractivity contribution in [1.82, 2.24) is 20.1 Å². The number of carbonyl (C=O) groups excluding carboxylic acids is 1. The lowest BCUT2D eigenvalue weighted by Crippen LogP contribution is -2.27. The maximum Gasteiger partial charge on any atom is 0.264 e. The number of hydrogen-bond donors (Lipinski definition) is 1. The Morgan fingerprint density at radius 3 is 2.78 bits per heavy atom. The molecule has 7 nitrogen and oxygen atoms in total. The molecule has 2 aromatic heterocycles. The van der Waals surface area contributed by atoms with Gasteiger partial charge < -0.3 is 19.0 Å². The lowest BCUT2D eigenvalue weighted by molar-refractivity contribution is -0.121. The summed E-state index contributed by atoms with van der Waals surface area (Å²) in [5, 5.41) is 11.2. The van der Waals surface area contributed by atoms with Crippen LogP contribution in [-0.2, 0) is 17.9 Å². The zero-order valence-electron chi connectivity index (χ0n) is 15.2. The van der Waals surface area contributed by atoms with E-state index in [4.69, 9.17) is 9.15 Å². The molecule has 2 heterocycles. The first-order valence-corrected chi connectivity index (χ1v) is 9.11. The van der Waals surface area contributed by atoms with Crippen LogP contribution in [0.15, 0.2) is 47.0 Å². The summed E-state index contributed by atoms with van der Waals surface area (Å²) in [5.74, 6) is 2.27. The van der Waals surface area contributed by atoms with Gasteiger partial charge in [-0.25, -0.2) is 0 Å². The van der Waals surface area contributed by atoms with Gasteiger partial charge in [0.15, 0.2) is 0 Å². The van der Waals surface area contributed by atoms with Crippen LogP contribution >= 0.6 is 0 Å². The number of methoxy groups -OCH3 is 1. The van der Waals surface area contributed by atoms with Crippen molar-refractivity contribution < 1.29 is 13.9 Å². The highest BCUT2D eigenvalue weighted by molar-refractivity contribution is 5.76. The molecule has 1 aliphatic rings. The maximum atomic E-state index is 12.3. The highest BCUT2D eigenvalue weighted by Gasteiger charge is 2.26. The SMILES string of the molecule is COc1ccc(CNC(=O)Cn2cccc2-c2nnc(C3CCC3)o2)cc1. The Bertz CT molecular complexity index is 909. The summed E-state index contributed by atoms with van der Waals surface area (Å²) in [6, 6.07) is 11.4. The lowest BCUT2D eigenvalue weighted by Gasteiger charge is -2.20. The van der Waals surface area contributed by atoms with Gasteiger partial charge in [0.1, 0.15) is 18.0 Å². The van der Waals surface area contributed by atoms with Crippen LogP contribution in [0.2, 0.25) is 0 Å². The number of nitrogens with one attached hydrogen (secondary N) is 1. The zero-order valence-corrected chi connectivity index (χ0v) is 15.2. The predicted octanol–water partition coefficient (Wildman–Crippen LogP) is 3.13. The van der Waals surface area contributed by atoms with E-state index in [1.807, 2.05) is 47.2 Å². The molecule has 1 N–H and O–H groups in total. The van der Waals surface area contributed by atoms with Crippen molar-refractivity contribution in [2.24, 2.45) is 0 Å². The minimum Gasteiger partial charge on any atom is -0.497 e. The van der Waals surface area contributed by atoms with E-state index in [2.05, 4.69) is 15.5 Å². The number of benzene rings is 1. The van der Waals surface area contributed by atoms with Crippen LogP contribution in [-0.4, -0.2) is 27.8 Å². The van der Waals surface area contributed by atoms with E-state index in [-0.39, 0.29) is 12.5 Å². The fourth-order valence-electron chi connectivity index (χ4n) is 3.06. The topological polar surface area (TPSA) is 82.2 Å². The van der Waals surface area contributed by atoms with Crippen LogP contribution in [0.5, 0.6) is 5.75 Å². The third kappa shape index (κ3) is 3.86. The van der Waals surface area contributed by atoms with Crippen molar-refractivity contribution in [1.29, 1.82) is 0 Å². The van der Waals surface area contributed by atoms with Gasteiger partial charge in [-0.05, 0) is 42.7 Å². The highest BCUT2D eigenvalue weighted by atomic mass is 16.5. The summed E-state index contributed by atoms with van der Waals surface area (Å²) >= 11 is 0. The summed E-state index contributed by atoms with van der Waals surface area (Å²) in [6.45, 7) is 0.658. The van der Waals surface area contributed by atoms with E-state index in [9.17, 15) is 4.79 Å². The van der Waals surface area contributed by atoms with E-state index in [1.54, 1.807) is 7.11 Å². The third-order valence-corrected chi connectivity index (χ3v) is 4.91. The van der Waals surface area contributed by atoms with Crippen molar-refractivity contribution in [2.45, 2.75) is 38.3 Å². The highest BCUT2D eigenvalue weighted by Crippen LogP contribution is 2.36. The van der Waals surface area contributed by atoms with E-state index in [1.165, 1.54) is 6.42 Å². The first-order valence-electron chi connectivity index (χ1n) is 9.11. The largest absolute Gasteiger partial charge is 0.497 e. The van der Waals surface area contributed by atoms with Gasteiger partial charge in [-0.3, -0.25) is 4.79 Å². The van der Waals surface area contributed by atoms with Gasteiger partial charge in [-0.1, -0.05) is 18.6 Å². The van der Waals surface area contributed by atoms with Gasteiger partial charge in [-0.2, -0.15) is 0 Å². The van der Waals surface area contributed by atoms with Crippen LogP contribution in [0.4, 0.5) is 0 Å². The smallest absolute Gasteiger partial charge is 0.264 e. The first kappa shape index (κ1) is 17.3. The van der Waals surface area contributed by atoms with Crippen LogP contribution in [0, 0.1) is 0 Å². The Morgan fingerprint density at radius 2 is 2.07 bits per heavy atom. The molecule has 4 rings (SSSR count). The average Bonchev–Trinajstić information content (AvgIpc) is 3.28. The number of hydrogen-bond acceptors (Lipinski definition) is 5. The molecule has 1 amide bonds. The van der Waals surface area contributed by atoms with Gasteiger partial charge >= 0.3 is 0 Å². The van der Waals surface area contributed by atoms with Gasteiger partial charge in [0.2, 0.25) is 11.8 Å². The van der Waals surface area contributed by atoms with Gasteiger partial charge in [0.05, 0.1) is 7.11 Å². The standard InChI is InChI=1S/C20H22N4O3/c1-26-16-9-7-14(8-10-16)12-21-18(25)13-24-11-3-6-17(24)20-23-22-19(27-20)15-4-2-5-15/h3,6-11,15H,2,4-5,12-13H2,1H3,(H,21,25). The molecule has 0 radical (unpaired) electrons. The molecule has 0 spiro atoms. The van der Waals surface area contributed by atoms with E-state index >= 15 is 0 Å². The molecule has 0 atom stereocenters. The summed E-state index contributed by atoms with van der Waals surface area (Å²) < 4.78 is 12.8. The van der Waals surface area contributed by atoms with E-state index < -0.39 is 0 Å². The number of amides is 1. The molecule has 27 heavy (non-hydrogen) atoms. The Morgan fingerprint density at radius 1 is 1.26 bits per heavy atom. The van der Waals surface area contributed by atoms with Gasteiger partial charge in [0, 0.05) is 18.7 Å². The number of ether oxygens (including phenoxy) is 1. The third-order valence-electron chi connectivity index (χ3n) is 4.91. The van der Waals surface area contributed by atoms with Crippen molar-refractivity contribution in [3.8, 4) is 17.3 Å². The van der Waals surface area contributed by atoms with E-state index in [0.717, 1.165) is 29.8 Å². The zero-order chi connectivity index (χ0) is 18.6. The second-order valence-corrected chi connectivity index (χ2v) is 6.72. The van der Waals surface area contributed by atoms with Gasteiger partial charge in [0.25, 0.3) is 5.89 Å². The molecular weight excluding hydrogens is 344 g/mol. The Kier molecular flexibility index (Phi) is 4.91. The fraction of sp³-hybridized carbons (Fsp3) is 0.350. The maximum absolute atomic E-state index is 12.3. The lowest BCUT2D eigenvalue weighted by atomic mass is 9.85. The van der Waals surface area contributed by atoms with Crippen LogP contribution in [0.3, 0.4) is 0 Å². The van der Waals surface area contributed by atoms with Crippen LogP contribution in [0.25, 0.3) is 11.6 Å². The minimum atomic E-state index is -0.0815. The van der Waals surface area contributed by atoms with Crippen LogP contribution < -0.4 is 10.1 Å². The van der Waals surface area contributed by atoms with Gasteiger partial charge in [-0.15, -0.1) is 10.2 Å². The second kappa shape index (κ2) is 7.65. The van der Waals surface area contributed by atoms with Crippen LogP contribution in [0.1, 0.15) is 36.6 Å². The minimum absolute atomic E-state index is 0.0815. The number of aromatic nitrogens is 3. The average molecular weight is 366 g/mol. The Hall–Kier alpha value is -3.09. The van der Waals surface area contributed by atoms with Crippen molar-refractivity contribution in [3.05, 3.63) is 54.0 Å². The molecule has 140 valence electrons. The molecule has 1 fully saturated rings. The van der Waals surface area contributed by atoms with Crippen molar-refractivity contribution in [3.63, 3.8) is 0 Å². The molecule has 1 saturated carbocycles. The molecule has 0 unspecified atom stereocenters. The second-order valence-electron chi connectivity index (χ2n) is 6.72. The Labute approximate surface area is 157 Å². The summed E-state index contributed by atoms with van der Waals surface area (Å²) in [4.78, 5) is 12.3. The summed E-state index contributed by atoms with van der Waals surface area (Å²) in [7, 11) is 1.63. The number of rotatable bonds is 7. The van der Waals surface area contributed by atoms with Crippen molar-refractivity contribution >= 4 is 5.91 Å². The molecule has 1 aromatic carbocycles. The number of nitrogens with zero attached hydrogens (tertiary/aromatic N) is 3. The monoisotopic (exact) mass is 366 g/mol. The van der Waals surface area contributed by atoms with Crippen molar-refractivity contribution in [2.75, 3.05) is 7.11 Å². The summed E-state index contributed by atoms with van der Waals surface area (Å²) in [6.07, 6.45) is 5.27. The quantitative estimate of drug-likeness (QED) is 0.695. The molecule has 0 aliphatic heterocycles. The Balaban J connectivity index is 1.37. The first-order chi connectivity index (χ1) is 13.2.